The molecular formula is C20H23NO4. The van der Waals surface area contributed by atoms with Crippen LogP contribution in [-0.2, 0) is 9.53 Å². The molecule has 25 heavy (non-hydrogen) atoms. The first-order valence-corrected chi connectivity index (χ1v) is 8.27. The van der Waals surface area contributed by atoms with E-state index in [1.807, 2.05) is 24.3 Å². The lowest BCUT2D eigenvalue weighted by molar-refractivity contribution is -0.119. The largest absolute Gasteiger partial charge is 0.507 e. The molecule has 5 heteroatoms. The van der Waals surface area contributed by atoms with Crippen molar-refractivity contribution in [2.75, 3.05) is 11.9 Å². The quantitative estimate of drug-likeness (QED) is 0.779. The van der Waals surface area contributed by atoms with Crippen molar-refractivity contribution in [3.05, 3.63) is 59.2 Å². The molecule has 2 aromatic rings. The number of ether oxygens (including phenoxy) is 1. The van der Waals surface area contributed by atoms with Gasteiger partial charge in [-0.25, -0.2) is 4.79 Å². The standard InChI is InChI=1S/C20H23NO4/c1-4-14(3)15-7-5-6-8-17(15)21-19(23)12-25-20(24)16-11-13(2)9-10-18(16)22/h5-11,14,22H,4,12H2,1-3H3,(H,21,23)/t14-/m0/s1. The summed E-state index contributed by atoms with van der Waals surface area (Å²) >= 11 is 0. The van der Waals surface area contributed by atoms with E-state index in [9.17, 15) is 14.7 Å². The molecule has 0 spiro atoms. The fourth-order valence-corrected chi connectivity index (χ4v) is 2.47. The summed E-state index contributed by atoms with van der Waals surface area (Å²) in [7, 11) is 0. The van der Waals surface area contributed by atoms with Crippen molar-refractivity contribution in [3.63, 3.8) is 0 Å². The van der Waals surface area contributed by atoms with E-state index in [2.05, 4.69) is 19.2 Å². The molecule has 2 rings (SSSR count). The van der Waals surface area contributed by atoms with Crippen molar-refractivity contribution in [3.8, 4) is 5.75 Å². The molecule has 0 aliphatic heterocycles. The SMILES string of the molecule is CC[C@H](C)c1ccccc1NC(=O)COC(=O)c1cc(C)ccc1O. The minimum atomic E-state index is -0.730. The number of hydrogen-bond acceptors (Lipinski definition) is 4. The summed E-state index contributed by atoms with van der Waals surface area (Å²) in [4.78, 5) is 24.1. The maximum atomic E-state index is 12.1. The second-order valence-corrected chi connectivity index (χ2v) is 6.04. The number of phenolic OH excluding ortho intramolecular Hbond substituents is 1. The van der Waals surface area contributed by atoms with E-state index in [4.69, 9.17) is 4.74 Å². The van der Waals surface area contributed by atoms with Crippen molar-refractivity contribution >= 4 is 17.6 Å². The molecule has 0 aromatic heterocycles. The van der Waals surface area contributed by atoms with E-state index in [1.165, 1.54) is 12.1 Å². The number of carbonyl (C=O) groups is 2. The number of carbonyl (C=O) groups excluding carboxylic acids is 2. The lowest BCUT2D eigenvalue weighted by Gasteiger charge is -2.15. The van der Waals surface area contributed by atoms with E-state index in [0.717, 1.165) is 23.2 Å². The first-order chi connectivity index (χ1) is 11.9. The predicted octanol–water partition coefficient (Wildman–Crippen LogP) is 4.01. The Hall–Kier alpha value is -2.82. The van der Waals surface area contributed by atoms with Gasteiger partial charge in [-0.2, -0.15) is 0 Å². The first kappa shape index (κ1) is 18.5. The van der Waals surface area contributed by atoms with Crippen LogP contribution in [0, 0.1) is 6.92 Å². The zero-order chi connectivity index (χ0) is 18.4. The van der Waals surface area contributed by atoms with Crippen LogP contribution in [-0.4, -0.2) is 23.6 Å². The summed E-state index contributed by atoms with van der Waals surface area (Å²) in [5, 5.41) is 12.5. The molecule has 0 unspecified atom stereocenters. The van der Waals surface area contributed by atoms with Crippen LogP contribution in [0.5, 0.6) is 5.75 Å². The average molecular weight is 341 g/mol. The Balaban J connectivity index is 2.00. The smallest absolute Gasteiger partial charge is 0.342 e. The van der Waals surface area contributed by atoms with Crippen LogP contribution in [0.15, 0.2) is 42.5 Å². The highest BCUT2D eigenvalue weighted by molar-refractivity contribution is 5.97. The van der Waals surface area contributed by atoms with E-state index >= 15 is 0 Å². The maximum Gasteiger partial charge on any atom is 0.342 e. The highest BCUT2D eigenvalue weighted by Crippen LogP contribution is 2.26. The van der Waals surface area contributed by atoms with Gasteiger partial charge < -0.3 is 15.2 Å². The zero-order valence-electron chi connectivity index (χ0n) is 14.7. The Bertz CT molecular complexity index is 770. The minimum absolute atomic E-state index is 0.0489. The third kappa shape index (κ3) is 4.83. The first-order valence-electron chi connectivity index (χ1n) is 8.27. The number of hydrogen-bond donors (Lipinski definition) is 2. The number of para-hydroxylation sites is 1. The fourth-order valence-electron chi connectivity index (χ4n) is 2.47. The van der Waals surface area contributed by atoms with Crippen LogP contribution in [0.4, 0.5) is 5.69 Å². The molecule has 0 saturated carbocycles. The molecule has 2 aromatic carbocycles. The second-order valence-electron chi connectivity index (χ2n) is 6.04. The van der Waals surface area contributed by atoms with Crippen LogP contribution in [0.25, 0.3) is 0 Å². The molecule has 0 fully saturated rings. The van der Waals surface area contributed by atoms with Gasteiger partial charge in [0, 0.05) is 5.69 Å². The molecule has 5 nitrogen and oxygen atoms in total. The minimum Gasteiger partial charge on any atom is -0.507 e. The lowest BCUT2D eigenvalue weighted by Crippen LogP contribution is -2.21. The number of aryl methyl sites for hydroxylation is 1. The molecule has 1 atom stereocenters. The van der Waals surface area contributed by atoms with Crippen LogP contribution < -0.4 is 5.32 Å². The van der Waals surface area contributed by atoms with Gasteiger partial charge in [-0.05, 0) is 43.0 Å². The summed E-state index contributed by atoms with van der Waals surface area (Å²) in [5.41, 5.74) is 2.63. The molecule has 0 heterocycles. The Morgan fingerprint density at radius 3 is 2.64 bits per heavy atom. The number of phenols is 1. The van der Waals surface area contributed by atoms with Crippen molar-refractivity contribution in [2.45, 2.75) is 33.1 Å². The number of nitrogens with one attached hydrogen (secondary N) is 1. The van der Waals surface area contributed by atoms with Crippen LogP contribution in [0.1, 0.15) is 47.7 Å². The number of benzene rings is 2. The fraction of sp³-hybridized carbons (Fsp3) is 0.300. The third-order valence-electron chi connectivity index (χ3n) is 4.08. The van der Waals surface area contributed by atoms with Gasteiger partial charge in [0.2, 0.25) is 0 Å². The van der Waals surface area contributed by atoms with Gasteiger partial charge in [-0.3, -0.25) is 4.79 Å². The summed E-state index contributed by atoms with van der Waals surface area (Å²) in [6.45, 7) is 5.56. The van der Waals surface area contributed by atoms with Crippen LogP contribution >= 0.6 is 0 Å². The average Bonchev–Trinajstić information content (AvgIpc) is 2.61. The molecule has 132 valence electrons. The number of esters is 1. The Labute approximate surface area is 147 Å². The van der Waals surface area contributed by atoms with E-state index in [-0.39, 0.29) is 11.3 Å². The third-order valence-corrected chi connectivity index (χ3v) is 4.08. The Morgan fingerprint density at radius 2 is 1.92 bits per heavy atom. The summed E-state index contributed by atoms with van der Waals surface area (Å²) in [6, 6.07) is 12.2. The number of anilines is 1. The Morgan fingerprint density at radius 1 is 1.20 bits per heavy atom. The molecular weight excluding hydrogens is 318 g/mol. The summed E-state index contributed by atoms with van der Waals surface area (Å²) in [6.07, 6.45) is 0.953. The van der Waals surface area contributed by atoms with E-state index in [0.29, 0.717) is 5.92 Å². The number of amides is 1. The zero-order valence-corrected chi connectivity index (χ0v) is 14.7. The molecule has 0 bridgehead atoms. The topological polar surface area (TPSA) is 75.6 Å². The highest BCUT2D eigenvalue weighted by atomic mass is 16.5. The van der Waals surface area contributed by atoms with Gasteiger partial charge >= 0.3 is 5.97 Å². The van der Waals surface area contributed by atoms with Gasteiger partial charge in [0.25, 0.3) is 5.91 Å². The number of rotatable bonds is 6. The van der Waals surface area contributed by atoms with E-state index < -0.39 is 18.5 Å². The van der Waals surface area contributed by atoms with Gasteiger partial charge in [0.15, 0.2) is 6.61 Å². The molecule has 1 amide bonds. The molecule has 0 aliphatic carbocycles. The van der Waals surface area contributed by atoms with Crippen molar-refractivity contribution < 1.29 is 19.4 Å². The molecule has 0 aliphatic rings. The van der Waals surface area contributed by atoms with Gasteiger partial charge in [-0.1, -0.05) is 43.7 Å². The summed E-state index contributed by atoms with van der Waals surface area (Å²) in [5.74, 6) is -1.01. The monoisotopic (exact) mass is 341 g/mol. The summed E-state index contributed by atoms with van der Waals surface area (Å²) < 4.78 is 5.01. The number of aromatic hydroxyl groups is 1. The van der Waals surface area contributed by atoms with Crippen molar-refractivity contribution in [1.82, 2.24) is 0 Å². The lowest BCUT2D eigenvalue weighted by atomic mass is 9.97. The predicted molar refractivity (Wildman–Crippen MR) is 96.9 cm³/mol. The van der Waals surface area contributed by atoms with Crippen LogP contribution in [0.2, 0.25) is 0 Å². The highest BCUT2D eigenvalue weighted by Gasteiger charge is 2.16. The van der Waals surface area contributed by atoms with Gasteiger partial charge in [0.05, 0.1) is 0 Å². The van der Waals surface area contributed by atoms with Gasteiger partial charge in [-0.15, -0.1) is 0 Å². The second kappa shape index (κ2) is 8.33. The van der Waals surface area contributed by atoms with Crippen molar-refractivity contribution in [2.24, 2.45) is 0 Å². The molecule has 0 saturated heterocycles. The normalized spacial score (nSPS) is 11.6. The van der Waals surface area contributed by atoms with Gasteiger partial charge in [0.1, 0.15) is 11.3 Å². The van der Waals surface area contributed by atoms with E-state index in [1.54, 1.807) is 13.0 Å². The molecule has 0 radical (unpaired) electrons. The van der Waals surface area contributed by atoms with Crippen LogP contribution in [0.3, 0.4) is 0 Å². The molecule has 2 N–H and O–H groups in total. The Kier molecular flexibility index (Phi) is 6.17. The maximum absolute atomic E-state index is 12.1. The van der Waals surface area contributed by atoms with Crippen molar-refractivity contribution in [1.29, 1.82) is 0 Å².